The standard InChI is InChI=1S/C27H35N3O4/c1-5-19(3)28-26(32)24(29-25(31)22-7-6-8-23(17-22)34-4)20-13-15-30(16-14-20)27(33)21-11-9-18(2)10-12-21/h6-12,17,19-20,24H,5,13-16H2,1-4H3,(H,28,32)(H,29,31)/t19-,24+/m0/s1. The van der Waals surface area contributed by atoms with Gasteiger partial charge in [0.05, 0.1) is 7.11 Å². The zero-order chi connectivity index (χ0) is 24.7. The van der Waals surface area contributed by atoms with Crippen molar-refractivity contribution in [1.29, 1.82) is 0 Å². The average molecular weight is 466 g/mol. The lowest BCUT2D eigenvalue weighted by molar-refractivity contribution is -0.125. The third-order valence-electron chi connectivity index (χ3n) is 6.50. The second kappa shape index (κ2) is 11.7. The van der Waals surface area contributed by atoms with Crippen LogP contribution in [0.25, 0.3) is 0 Å². The van der Waals surface area contributed by atoms with Crippen LogP contribution in [0.3, 0.4) is 0 Å². The van der Waals surface area contributed by atoms with Crippen LogP contribution >= 0.6 is 0 Å². The Morgan fingerprint density at radius 2 is 1.71 bits per heavy atom. The van der Waals surface area contributed by atoms with Gasteiger partial charge in [-0.05, 0) is 69.4 Å². The van der Waals surface area contributed by atoms with Gasteiger partial charge in [-0.15, -0.1) is 0 Å². The van der Waals surface area contributed by atoms with E-state index >= 15 is 0 Å². The number of nitrogens with one attached hydrogen (secondary N) is 2. The number of hydrogen-bond donors (Lipinski definition) is 2. The van der Waals surface area contributed by atoms with Crippen LogP contribution in [0.1, 0.15) is 59.4 Å². The molecule has 0 saturated carbocycles. The SMILES string of the molecule is CC[C@H](C)NC(=O)[C@H](NC(=O)c1cccc(OC)c1)C1CCN(C(=O)c2ccc(C)cc2)CC1. The lowest BCUT2D eigenvalue weighted by Crippen LogP contribution is -2.55. The summed E-state index contributed by atoms with van der Waals surface area (Å²) >= 11 is 0. The highest BCUT2D eigenvalue weighted by Crippen LogP contribution is 2.24. The topological polar surface area (TPSA) is 87.7 Å². The molecule has 182 valence electrons. The molecule has 3 rings (SSSR count). The Labute approximate surface area is 201 Å². The van der Waals surface area contributed by atoms with Crippen LogP contribution in [0.4, 0.5) is 0 Å². The molecule has 7 heteroatoms. The second-order valence-electron chi connectivity index (χ2n) is 9.00. The molecule has 1 heterocycles. The quantitative estimate of drug-likeness (QED) is 0.624. The van der Waals surface area contributed by atoms with Crippen molar-refractivity contribution in [2.24, 2.45) is 5.92 Å². The first-order valence-corrected chi connectivity index (χ1v) is 11.9. The van der Waals surface area contributed by atoms with Gasteiger partial charge in [-0.25, -0.2) is 0 Å². The Bertz CT molecular complexity index is 997. The summed E-state index contributed by atoms with van der Waals surface area (Å²) in [6.45, 7) is 7.02. The molecule has 2 N–H and O–H groups in total. The van der Waals surface area contributed by atoms with Crippen molar-refractivity contribution in [3.63, 3.8) is 0 Å². The van der Waals surface area contributed by atoms with E-state index in [1.807, 2.05) is 49.9 Å². The first kappa shape index (κ1) is 25.3. The summed E-state index contributed by atoms with van der Waals surface area (Å²) in [5, 5.41) is 5.97. The summed E-state index contributed by atoms with van der Waals surface area (Å²) in [6, 6.07) is 13.8. The first-order chi connectivity index (χ1) is 16.3. The summed E-state index contributed by atoms with van der Waals surface area (Å²) in [7, 11) is 1.55. The fourth-order valence-electron chi connectivity index (χ4n) is 4.14. The Morgan fingerprint density at radius 1 is 1.03 bits per heavy atom. The van der Waals surface area contributed by atoms with Crippen LogP contribution in [0.2, 0.25) is 0 Å². The molecule has 2 atom stereocenters. The molecule has 0 radical (unpaired) electrons. The van der Waals surface area contributed by atoms with Crippen LogP contribution < -0.4 is 15.4 Å². The molecule has 1 aliphatic heterocycles. The van der Waals surface area contributed by atoms with Gasteiger partial charge < -0.3 is 20.3 Å². The van der Waals surface area contributed by atoms with Crippen molar-refractivity contribution in [2.75, 3.05) is 20.2 Å². The minimum absolute atomic E-state index is 0.000488. The maximum absolute atomic E-state index is 13.1. The molecular weight excluding hydrogens is 430 g/mol. The number of rotatable bonds is 8. The maximum atomic E-state index is 13.1. The fraction of sp³-hybridized carbons (Fsp3) is 0.444. The fourth-order valence-corrected chi connectivity index (χ4v) is 4.14. The summed E-state index contributed by atoms with van der Waals surface area (Å²) in [6.07, 6.45) is 2.06. The van der Waals surface area contributed by atoms with Crippen molar-refractivity contribution in [3.8, 4) is 5.75 Å². The minimum atomic E-state index is -0.677. The number of nitrogens with zero attached hydrogens (tertiary/aromatic N) is 1. The van der Waals surface area contributed by atoms with Gasteiger partial charge in [0, 0.05) is 30.3 Å². The molecule has 0 bridgehead atoms. The Morgan fingerprint density at radius 3 is 2.32 bits per heavy atom. The number of carbonyl (C=O) groups excluding carboxylic acids is 3. The van der Waals surface area contributed by atoms with E-state index in [2.05, 4.69) is 10.6 Å². The largest absolute Gasteiger partial charge is 0.497 e. The average Bonchev–Trinajstić information content (AvgIpc) is 2.87. The molecule has 1 fully saturated rings. The normalized spacial score (nSPS) is 15.8. The van der Waals surface area contributed by atoms with Gasteiger partial charge in [-0.3, -0.25) is 14.4 Å². The van der Waals surface area contributed by atoms with Crippen molar-refractivity contribution >= 4 is 17.7 Å². The summed E-state index contributed by atoms with van der Waals surface area (Å²) in [5.41, 5.74) is 2.21. The van der Waals surface area contributed by atoms with Gasteiger partial charge in [0.2, 0.25) is 5.91 Å². The van der Waals surface area contributed by atoms with Crippen molar-refractivity contribution in [2.45, 2.75) is 52.1 Å². The van der Waals surface area contributed by atoms with Gasteiger partial charge in [0.25, 0.3) is 11.8 Å². The van der Waals surface area contributed by atoms with E-state index in [4.69, 9.17) is 4.74 Å². The lowest BCUT2D eigenvalue weighted by atomic mass is 9.88. The summed E-state index contributed by atoms with van der Waals surface area (Å²) in [4.78, 5) is 40.9. The molecule has 34 heavy (non-hydrogen) atoms. The van der Waals surface area contributed by atoms with Gasteiger partial charge in [0.15, 0.2) is 0 Å². The number of piperidine rings is 1. The predicted molar refractivity (Wildman–Crippen MR) is 132 cm³/mol. The maximum Gasteiger partial charge on any atom is 0.253 e. The summed E-state index contributed by atoms with van der Waals surface area (Å²) in [5.74, 6) is 0.00612. The Kier molecular flexibility index (Phi) is 8.68. The zero-order valence-corrected chi connectivity index (χ0v) is 20.5. The molecule has 1 aliphatic rings. The molecule has 0 aromatic heterocycles. The number of methoxy groups -OCH3 is 1. The Hall–Kier alpha value is -3.35. The lowest BCUT2D eigenvalue weighted by Gasteiger charge is -2.36. The van der Waals surface area contributed by atoms with Crippen LogP contribution in [-0.4, -0.2) is 54.9 Å². The smallest absolute Gasteiger partial charge is 0.253 e. The van der Waals surface area contributed by atoms with E-state index in [1.165, 1.54) is 0 Å². The second-order valence-corrected chi connectivity index (χ2v) is 9.00. The minimum Gasteiger partial charge on any atom is -0.497 e. The predicted octanol–water partition coefficient (Wildman–Crippen LogP) is 3.57. The van der Waals surface area contributed by atoms with Crippen molar-refractivity contribution in [1.82, 2.24) is 15.5 Å². The van der Waals surface area contributed by atoms with Crippen molar-refractivity contribution in [3.05, 3.63) is 65.2 Å². The first-order valence-electron chi connectivity index (χ1n) is 11.9. The number of ether oxygens (including phenoxy) is 1. The molecule has 0 unspecified atom stereocenters. The number of aryl methyl sites for hydroxylation is 1. The van der Waals surface area contributed by atoms with Crippen LogP contribution in [0, 0.1) is 12.8 Å². The van der Waals surface area contributed by atoms with Gasteiger partial charge in [0.1, 0.15) is 11.8 Å². The van der Waals surface area contributed by atoms with Crippen LogP contribution in [0.15, 0.2) is 48.5 Å². The molecule has 2 aromatic rings. The van der Waals surface area contributed by atoms with Crippen LogP contribution in [-0.2, 0) is 4.79 Å². The molecule has 0 aliphatic carbocycles. The van der Waals surface area contributed by atoms with E-state index in [0.29, 0.717) is 42.8 Å². The van der Waals surface area contributed by atoms with Gasteiger partial charge in [-0.2, -0.15) is 0 Å². The third kappa shape index (κ3) is 6.37. The number of amides is 3. The van der Waals surface area contributed by atoms with E-state index in [1.54, 1.807) is 31.4 Å². The van der Waals surface area contributed by atoms with E-state index in [9.17, 15) is 14.4 Å². The van der Waals surface area contributed by atoms with Gasteiger partial charge in [-0.1, -0.05) is 30.7 Å². The molecule has 3 amide bonds. The van der Waals surface area contributed by atoms with Gasteiger partial charge >= 0.3 is 0 Å². The molecule has 7 nitrogen and oxygen atoms in total. The molecule has 2 aromatic carbocycles. The number of benzene rings is 2. The third-order valence-corrected chi connectivity index (χ3v) is 6.50. The number of carbonyl (C=O) groups is 3. The van der Waals surface area contributed by atoms with E-state index in [-0.39, 0.29) is 29.7 Å². The molecular formula is C27H35N3O4. The van der Waals surface area contributed by atoms with Crippen molar-refractivity contribution < 1.29 is 19.1 Å². The van der Waals surface area contributed by atoms with E-state index in [0.717, 1.165) is 12.0 Å². The zero-order valence-electron chi connectivity index (χ0n) is 20.5. The van der Waals surface area contributed by atoms with Crippen LogP contribution in [0.5, 0.6) is 5.75 Å². The highest BCUT2D eigenvalue weighted by Gasteiger charge is 2.34. The molecule has 1 saturated heterocycles. The highest BCUT2D eigenvalue weighted by molar-refractivity contribution is 5.98. The highest BCUT2D eigenvalue weighted by atomic mass is 16.5. The monoisotopic (exact) mass is 465 g/mol. The van der Waals surface area contributed by atoms with E-state index < -0.39 is 6.04 Å². The molecule has 0 spiro atoms. The Balaban J connectivity index is 1.70. The number of likely N-dealkylation sites (tertiary alicyclic amines) is 1. The number of hydrogen-bond acceptors (Lipinski definition) is 4. The summed E-state index contributed by atoms with van der Waals surface area (Å²) < 4.78 is 5.22.